The van der Waals surface area contributed by atoms with Gasteiger partial charge in [-0.2, -0.15) is 13.2 Å². The van der Waals surface area contributed by atoms with Crippen LogP contribution in [0.15, 0.2) is 42.5 Å². The minimum atomic E-state index is -4.21. The second kappa shape index (κ2) is 16.5. The molecule has 242 valence electrons. The fraction of sp³-hybridized carbons (Fsp3) is 0.483. The van der Waals surface area contributed by atoms with Crippen molar-refractivity contribution in [1.29, 1.82) is 0 Å². The molecule has 11 nitrogen and oxygen atoms in total. The van der Waals surface area contributed by atoms with E-state index in [1.807, 2.05) is 26.0 Å². The molecule has 1 unspecified atom stereocenters. The van der Waals surface area contributed by atoms with E-state index in [2.05, 4.69) is 10.6 Å². The van der Waals surface area contributed by atoms with E-state index in [1.54, 1.807) is 17.9 Å². The molecule has 3 amide bonds. The quantitative estimate of drug-likeness (QED) is 0.182. The lowest BCUT2D eigenvalue weighted by Gasteiger charge is -2.22. The van der Waals surface area contributed by atoms with Gasteiger partial charge in [0.15, 0.2) is 0 Å². The van der Waals surface area contributed by atoms with Gasteiger partial charge in [0.1, 0.15) is 0 Å². The van der Waals surface area contributed by atoms with E-state index >= 15 is 0 Å². The zero-order valence-electron chi connectivity index (χ0n) is 25.2. The first-order chi connectivity index (χ1) is 20.6. The van der Waals surface area contributed by atoms with Gasteiger partial charge in [-0.05, 0) is 55.9 Å². The molecule has 0 aliphatic carbocycles. The Bertz CT molecular complexity index is 1260. The van der Waals surface area contributed by atoms with Gasteiger partial charge in [0.2, 0.25) is 17.7 Å². The summed E-state index contributed by atoms with van der Waals surface area (Å²) < 4.78 is 41.3. The van der Waals surface area contributed by atoms with E-state index in [-0.39, 0.29) is 37.7 Å². The van der Waals surface area contributed by atoms with Crippen LogP contribution in [0.4, 0.5) is 13.2 Å². The van der Waals surface area contributed by atoms with E-state index in [9.17, 15) is 32.6 Å². The summed E-state index contributed by atoms with van der Waals surface area (Å²) in [6.45, 7) is 6.93. The van der Waals surface area contributed by atoms with Crippen molar-refractivity contribution in [2.45, 2.75) is 58.0 Å². The minimum absolute atomic E-state index is 0.0888. The Morgan fingerprint density at radius 1 is 1.05 bits per heavy atom. The van der Waals surface area contributed by atoms with Gasteiger partial charge in [0.05, 0.1) is 23.8 Å². The first kappa shape index (κ1) is 36.7. The van der Waals surface area contributed by atoms with Gasteiger partial charge in [-0.15, -0.1) is 0 Å². The molecular formula is C29H42BF3N6O5. The molecule has 1 atom stereocenters. The summed E-state index contributed by atoms with van der Waals surface area (Å²) in [4.78, 5) is 38.0. The third-order valence-electron chi connectivity index (χ3n) is 6.89. The summed E-state index contributed by atoms with van der Waals surface area (Å²) in [6, 6.07) is 9.65. The summed E-state index contributed by atoms with van der Waals surface area (Å²) in [5.74, 6) is -1.07. The number of halogens is 3. The number of amides is 3. The molecule has 0 saturated carbocycles. The average molecular weight is 622 g/mol. The van der Waals surface area contributed by atoms with E-state index in [0.29, 0.717) is 31.6 Å². The molecule has 1 aliphatic heterocycles. The Kier molecular flexibility index (Phi) is 13.8. The first-order valence-electron chi connectivity index (χ1n) is 14.2. The van der Waals surface area contributed by atoms with E-state index in [1.165, 1.54) is 12.1 Å². The van der Waals surface area contributed by atoms with Crippen LogP contribution in [0.3, 0.4) is 0 Å². The standard InChI is InChI=1S/C21H35BN6O5.C8H7F3/c1-21(2)15-4-3-14(11-16(15)22(32)33-21)12-26-18(29)13-27-20(31)17(25)5-6-19(30)28(9-7-23)10-8-24;1-6-2-4-7(5-3-6)8(9,10)11/h3-4,11,17,32H,5-10,12-13,23-25H2,1-2H3,(H,26,29)(H,27,31);2-5H,1H3. The predicted molar refractivity (Wildman–Crippen MR) is 161 cm³/mol. The van der Waals surface area contributed by atoms with Crippen molar-refractivity contribution in [2.24, 2.45) is 17.2 Å². The molecule has 2 aromatic carbocycles. The maximum Gasteiger partial charge on any atom is 0.492 e. The van der Waals surface area contributed by atoms with Gasteiger partial charge in [0, 0.05) is 39.1 Å². The molecule has 3 rings (SSSR count). The molecule has 0 bridgehead atoms. The Morgan fingerprint density at radius 2 is 1.66 bits per heavy atom. The van der Waals surface area contributed by atoms with Gasteiger partial charge in [-0.1, -0.05) is 35.9 Å². The van der Waals surface area contributed by atoms with Crippen molar-refractivity contribution >= 4 is 30.3 Å². The molecule has 2 aromatic rings. The van der Waals surface area contributed by atoms with Crippen molar-refractivity contribution in [3.05, 3.63) is 64.7 Å². The van der Waals surface area contributed by atoms with Crippen LogP contribution < -0.4 is 33.3 Å². The molecule has 9 N–H and O–H groups in total. The van der Waals surface area contributed by atoms with E-state index in [4.69, 9.17) is 21.9 Å². The highest BCUT2D eigenvalue weighted by atomic mass is 19.4. The number of hydrogen-bond donors (Lipinski definition) is 6. The molecule has 0 radical (unpaired) electrons. The summed E-state index contributed by atoms with van der Waals surface area (Å²) >= 11 is 0. The van der Waals surface area contributed by atoms with Crippen molar-refractivity contribution in [3.63, 3.8) is 0 Å². The van der Waals surface area contributed by atoms with Crippen LogP contribution >= 0.6 is 0 Å². The number of hydrogen-bond acceptors (Lipinski definition) is 8. The fourth-order valence-corrected chi connectivity index (χ4v) is 4.43. The maximum atomic E-state index is 12.2. The molecule has 0 spiro atoms. The summed E-state index contributed by atoms with van der Waals surface area (Å²) in [7, 11) is -1.00. The van der Waals surface area contributed by atoms with Crippen LogP contribution in [0.1, 0.15) is 48.9 Å². The van der Waals surface area contributed by atoms with Gasteiger partial charge in [-0.3, -0.25) is 14.4 Å². The molecule has 1 aliphatic rings. The monoisotopic (exact) mass is 622 g/mol. The van der Waals surface area contributed by atoms with Crippen LogP contribution in [-0.4, -0.2) is 73.5 Å². The van der Waals surface area contributed by atoms with Crippen molar-refractivity contribution in [2.75, 3.05) is 32.7 Å². The number of nitrogens with one attached hydrogen (secondary N) is 2. The highest BCUT2D eigenvalue weighted by Gasteiger charge is 2.40. The number of nitrogens with two attached hydrogens (primary N) is 3. The number of fused-ring (bicyclic) bond motifs is 1. The van der Waals surface area contributed by atoms with Crippen molar-refractivity contribution in [3.8, 4) is 0 Å². The van der Waals surface area contributed by atoms with Crippen molar-refractivity contribution < 1.29 is 37.2 Å². The summed E-state index contributed by atoms with van der Waals surface area (Å²) in [5, 5.41) is 15.3. The number of carbonyl (C=O) groups excluding carboxylic acids is 3. The van der Waals surface area contributed by atoms with Gasteiger partial charge < -0.3 is 42.4 Å². The second-order valence-electron chi connectivity index (χ2n) is 10.9. The molecule has 0 saturated heterocycles. The van der Waals surface area contributed by atoms with Crippen molar-refractivity contribution in [1.82, 2.24) is 15.5 Å². The molecule has 15 heteroatoms. The highest BCUT2D eigenvalue weighted by Crippen LogP contribution is 2.30. The first-order valence-corrected chi connectivity index (χ1v) is 14.2. The number of nitrogens with zero attached hydrogens (tertiary/aromatic N) is 1. The Labute approximate surface area is 255 Å². The minimum Gasteiger partial charge on any atom is -0.423 e. The smallest absolute Gasteiger partial charge is 0.423 e. The van der Waals surface area contributed by atoms with Crippen LogP contribution in [0.2, 0.25) is 0 Å². The number of rotatable bonds is 12. The Hall–Kier alpha value is -3.50. The summed E-state index contributed by atoms with van der Waals surface area (Å²) in [5.41, 5.74) is 18.9. The third kappa shape index (κ3) is 11.2. The van der Waals surface area contributed by atoms with Crippen LogP contribution in [0.25, 0.3) is 0 Å². The zero-order chi connectivity index (χ0) is 33.1. The predicted octanol–water partition coefficient (Wildman–Crippen LogP) is 0.239. The molecule has 1 heterocycles. The zero-order valence-corrected chi connectivity index (χ0v) is 25.2. The lowest BCUT2D eigenvalue weighted by molar-refractivity contribution is -0.137. The van der Waals surface area contributed by atoms with E-state index in [0.717, 1.165) is 28.8 Å². The average Bonchev–Trinajstić information content (AvgIpc) is 3.20. The number of benzene rings is 2. The number of aryl methyl sites for hydroxylation is 1. The number of carbonyl (C=O) groups is 3. The Morgan fingerprint density at radius 3 is 2.23 bits per heavy atom. The lowest BCUT2D eigenvalue weighted by Crippen LogP contribution is -2.45. The van der Waals surface area contributed by atoms with E-state index < -0.39 is 36.4 Å². The fourth-order valence-electron chi connectivity index (χ4n) is 4.43. The topological polar surface area (TPSA) is 186 Å². The number of alkyl halides is 3. The molecule has 44 heavy (non-hydrogen) atoms. The lowest BCUT2D eigenvalue weighted by atomic mass is 9.77. The third-order valence-corrected chi connectivity index (χ3v) is 6.89. The SMILES string of the molecule is CC1(C)OB(O)c2cc(CNC(=O)CNC(=O)C(N)CCC(=O)N(CCN)CCN)ccc21.Cc1ccc(C(F)(F)F)cc1. The van der Waals surface area contributed by atoms with Gasteiger partial charge in [-0.25, -0.2) is 0 Å². The molecular weight excluding hydrogens is 580 g/mol. The Balaban J connectivity index is 0.000000514. The maximum absolute atomic E-state index is 12.2. The second-order valence-corrected chi connectivity index (χ2v) is 10.9. The molecule has 0 aromatic heterocycles. The normalized spacial score (nSPS) is 14.2. The summed E-state index contributed by atoms with van der Waals surface area (Å²) in [6.07, 6.45) is -3.98. The van der Waals surface area contributed by atoms with Crippen LogP contribution in [-0.2, 0) is 37.4 Å². The van der Waals surface area contributed by atoms with Crippen LogP contribution in [0, 0.1) is 6.92 Å². The largest absolute Gasteiger partial charge is 0.492 e. The van der Waals surface area contributed by atoms with Gasteiger partial charge >= 0.3 is 13.3 Å². The highest BCUT2D eigenvalue weighted by molar-refractivity contribution is 6.62. The van der Waals surface area contributed by atoms with Gasteiger partial charge in [0.25, 0.3) is 0 Å². The van der Waals surface area contributed by atoms with Crippen LogP contribution in [0.5, 0.6) is 0 Å². The molecule has 0 fully saturated rings.